The molecule has 0 saturated carbocycles. The predicted molar refractivity (Wildman–Crippen MR) is 113 cm³/mol. The number of carbonyl (C=O) groups is 2. The zero-order valence-corrected chi connectivity index (χ0v) is 17.1. The second-order valence-electron chi connectivity index (χ2n) is 5.58. The maximum Gasteiger partial charge on any atom is 0.299 e. The number of fused-ring (bicyclic) bond motifs is 1. The lowest BCUT2D eigenvalue weighted by Crippen LogP contribution is -2.28. The summed E-state index contributed by atoms with van der Waals surface area (Å²) < 4.78 is 0. The Morgan fingerprint density at radius 1 is 1.12 bits per heavy atom. The minimum Gasteiger partial charge on any atom is -0.300 e. The molecule has 0 atom stereocenters. The van der Waals surface area contributed by atoms with E-state index in [0.29, 0.717) is 17.8 Å². The molecule has 1 aliphatic rings. The van der Waals surface area contributed by atoms with Crippen LogP contribution in [-0.2, 0) is 11.3 Å². The smallest absolute Gasteiger partial charge is 0.299 e. The number of Topliss-reactive ketones (excluding diaryl/α,β-unsaturated/α-hetero) is 1. The van der Waals surface area contributed by atoms with Crippen molar-refractivity contribution in [3.05, 3.63) is 69.9 Å². The number of carbonyl (C=O) groups excluding carboxylic acids is 2. The van der Waals surface area contributed by atoms with Gasteiger partial charge in [-0.25, -0.2) is 0 Å². The number of hydrogen-bond donors (Lipinski definition) is 0. The number of allylic oxidation sites excluding steroid dienone is 1. The summed E-state index contributed by atoms with van der Waals surface area (Å²) in [6.07, 6.45) is 3.56. The summed E-state index contributed by atoms with van der Waals surface area (Å²) in [6, 6.07) is 7.58. The van der Waals surface area contributed by atoms with Gasteiger partial charge < -0.3 is 0 Å². The van der Waals surface area contributed by atoms with E-state index in [1.54, 1.807) is 28.4 Å². The molecule has 0 aliphatic carbocycles. The van der Waals surface area contributed by atoms with Crippen molar-refractivity contribution in [3.8, 4) is 0 Å². The third-order valence-corrected chi connectivity index (χ3v) is 4.72. The standard InChI is InChI=1S/C17H15NO2S.C3H6.C2H6/c1-4-12-8-13(21-11(12)3)9-18-15-6-5-10(2)7-14(15)16(19)17(18)20;1-3-2;1-2/h4-8H,1,9H2,2-3H3;3H,1H2,2H3;1-2H3. The molecule has 2 aromatic rings. The number of amides is 1. The molecule has 0 fully saturated rings. The van der Waals surface area contributed by atoms with Crippen molar-refractivity contribution < 1.29 is 9.59 Å². The van der Waals surface area contributed by atoms with E-state index in [-0.39, 0.29) is 0 Å². The van der Waals surface area contributed by atoms with Gasteiger partial charge in [0, 0.05) is 9.75 Å². The van der Waals surface area contributed by atoms with Crippen molar-refractivity contribution >= 4 is 34.8 Å². The Balaban J connectivity index is 0.000000615. The van der Waals surface area contributed by atoms with Crippen LogP contribution in [0, 0.1) is 13.8 Å². The molecule has 1 aromatic carbocycles. The Labute approximate surface area is 160 Å². The van der Waals surface area contributed by atoms with Crippen molar-refractivity contribution in [2.75, 3.05) is 4.90 Å². The molecule has 4 heteroatoms. The molecule has 0 N–H and O–H groups in total. The van der Waals surface area contributed by atoms with Crippen LogP contribution in [0.25, 0.3) is 6.08 Å². The van der Waals surface area contributed by atoms with Gasteiger partial charge in [-0.2, -0.15) is 0 Å². The van der Waals surface area contributed by atoms with Crippen molar-refractivity contribution in [3.63, 3.8) is 0 Å². The number of rotatable bonds is 3. The van der Waals surface area contributed by atoms with Gasteiger partial charge in [0.1, 0.15) is 0 Å². The van der Waals surface area contributed by atoms with E-state index in [2.05, 4.69) is 13.2 Å². The molecular weight excluding hydrogens is 342 g/mol. The van der Waals surface area contributed by atoms with E-state index in [0.717, 1.165) is 16.0 Å². The van der Waals surface area contributed by atoms with E-state index in [1.165, 1.54) is 4.88 Å². The summed E-state index contributed by atoms with van der Waals surface area (Å²) in [5.41, 5.74) is 3.29. The quantitative estimate of drug-likeness (QED) is 0.495. The molecule has 0 saturated heterocycles. The summed E-state index contributed by atoms with van der Waals surface area (Å²) in [5, 5.41) is 0. The lowest BCUT2D eigenvalue weighted by molar-refractivity contribution is -0.114. The third-order valence-electron chi connectivity index (χ3n) is 3.67. The van der Waals surface area contributed by atoms with Crippen LogP contribution in [0.4, 0.5) is 5.69 Å². The van der Waals surface area contributed by atoms with E-state index in [9.17, 15) is 9.59 Å². The van der Waals surface area contributed by atoms with Crippen LogP contribution in [-0.4, -0.2) is 11.7 Å². The van der Waals surface area contributed by atoms with Gasteiger partial charge in [0.2, 0.25) is 0 Å². The van der Waals surface area contributed by atoms with Crippen molar-refractivity contribution in [1.29, 1.82) is 0 Å². The van der Waals surface area contributed by atoms with Gasteiger partial charge in [-0.05, 0) is 44.5 Å². The third kappa shape index (κ3) is 4.58. The summed E-state index contributed by atoms with van der Waals surface area (Å²) >= 11 is 1.63. The molecule has 3 nitrogen and oxygen atoms in total. The van der Waals surface area contributed by atoms with Crippen LogP contribution in [0.15, 0.2) is 43.5 Å². The zero-order valence-electron chi connectivity index (χ0n) is 16.3. The highest BCUT2D eigenvalue weighted by molar-refractivity contribution is 7.12. The summed E-state index contributed by atoms with van der Waals surface area (Å²) in [6.45, 7) is 17.4. The van der Waals surface area contributed by atoms with Crippen LogP contribution in [0.2, 0.25) is 0 Å². The molecule has 3 rings (SSSR count). The molecule has 0 radical (unpaired) electrons. The first-order valence-corrected chi connectivity index (χ1v) is 9.50. The highest BCUT2D eigenvalue weighted by Crippen LogP contribution is 2.33. The Bertz CT molecular complexity index is 818. The van der Waals surface area contributed by atoms with Crippen LogP contribution in [0.5, 0.6) is 0 Å². The van der Waals surface area contributed by atoms with Crippen molar-refractivity contribution in [2.24, 2.45) is 0 Å². The van der Waals surface area contributed by atoms with E-state index < -0.39 is 11.7 Å². The largest absolute Gasteiger partial charge is 0.300 e. The average Bonchev–Trinajstić information content (AvgIpc) is 3.10. The molecule has 1 aromatic heterocycles. The molecule has 2 heterocycles. The predicted octanol–water partition coefficient (Wildman–Crippen LogP) is 5.96. The molecule has 1 aliphatic heterocycles. The Morgan fingerprint density at radius 3 is 2.27 bits per heavy atom. The number of aryl methyl sites for hydroxylation is 2. The minimum absolute atomic E-state index is 0.411. The number of ketones is 1. The molecular formula is C22H27NO2S. The lowest BCUT2D eigenvalue weighted by Gasteiger charge is -2.15. The second-order valence-corrected chi connectivity index (χ2v) is 6.92. The number of benzene rings is 1. The lowest BCUT2D eigenvalue weighted by atomic mass is 10.1. The van der Waals surface area contributed by atoms with E-state index >= 15 is 0 Å². The highest BCUT2D eigenvalue weighted by atomic mass is 32.1. The fraction of sp³-hybridized carbons (Fsp3) is 0.273. The number of anilines is 1. The summed E-state index contributed by atoms with van der Waals surface area (Å²) in [5.74, 6) is -0.854. The summed E-state index contributed by atoms with van der Waals surface area (Å²) in [7, 11) is 0. The molecule has 0 unspecified atom stereocenters. The monoisotopic (exact) mass is 369 g/mol. The fourth-order valence-corrected chi connectivity index (χ4v) is 3.60. The Hall–Kier alpha value is -2.46. The van der Waals surface area contributed by atoms with Gasteiger partial charge in [-0.3, -0.25) is 14.5 Å². The van der Waals surface area contributed by atoms with Gasteiger partial charge >= 0.3 is 0 Å². The van der Waals surface area contributed by atoms with E-state index in [1.807, 2.05) is 58.9 Å². The van der Waals surface area contributed by atoms with Gasteiger partial charge in [0.05, 0.1) is 17.8 Å². The Kier molecular flexibility index (Phi) is 8.20. The molecule has 26 heavy (non-hydrogen) atoms. The number of thiophene rings is 1. The first-order chi connectivity index (χ1) is 12.4. The van der Waals surface area contributed by atoms with Crippen molar-refractivity contribution in [1.82, 2.24) is 0 Å². The maximum atomic E-state index is 12.2. The molecule has 0 spiro atoms. The minimum atomic E-state index is -0.443. The summed E-state index contributed by atoms with van der Waals surface area (Å²) in [4.78, 5) is 28.1. The molecule has 138 valence electrons. The first kappa shape index (κ1) is 21.6. The SMILES string of the molecule is C=CC.C=Cc1cc(CN2C(=O)C(=O)c3cc(C)ccc32)sc1C.CC. The maximum absolute atomic E-state index is 12.2. The molecule has 1 amide bonds. The van der Waals surface area contributed by atoms with Gasteiger partial charge in [-0.1, -0.05) is 44.2 Å². The molecule has 0 bridgehead atoms. The van der Waals surface area contributed by atoms with Crippen LogP contribution < -0.4 is 4.90 Å². The topological polar surface area (TPSA) is 37.4 Å². The van der Waals surface area contributed by atoms with Gasteiger partial charge in [0.25, 0.3) is 11.7 Å². The van der Waals surface area contributed by atoms with Gasteiger partial charge in [-0.15, -0.1) is 17.9 Å². The number of hydrogen-bond acceptors (Lipinski definition) is 3. The van der Waals surface area contributed by atoms with Crippen LogP contribution in [0.1, 0.15) is 52.0 Å². The highest BCUT2D eigenvalue weighted by Gasteiger charge is 2.35. The van der Waals surface area contributed by atoms with Crippen LogP contribution in [0.3, 0.4) is 0 Å². The first-order valence-electron chi connectivity index (χ1n) is 8.68. The van der Waals surface area contributed by atoms with Crippen LogP contribution >= 0.6 is 11.3 Å². The second kappa shape index (κ2) is 9.88. The van der Waals surface area contributed by atoms with Gasteiger partial charge in [0.15, 0.2) is 0 Å². The average molecular weight is 370 g/mol. The fourth-order valence-electron chi connectivity index (χ4n) is 2.57. The van der Waals surface area contributed by atoms with Crippen molar-refractivity contribution in [2.45, 2.75) is 41.2 Å². The zero-order chi connectivity index (χ0) is 19.9. The Morgan fingerprint density at radius 2 is 1.73 bits per heavy atom. The number of nitrogens with zero attached hydrogens (tertiary/aromatic N) is 1. The normalized spacial score (nSPS) is 11.8. The van der Waals surface area contributed by atoms with E-state index in [4.69, 9.17) is 0 Å².